The molecule has 0 aromatic heterocycles. The van der Waals surface area contributed by atoms with Gasteiger partial charge in [0, 0.05) is 11.3 Å². The van der Waals surface area contributed by atoms with Gasteiger partial charge in [0.2, 0.25) is 5.12 Å². The Balaban J connectivity index is 1.90. The van der Waals surface area contributed by atoms with Gasteiger partial charge in [-0.3, -0.25) is 9.59 Å². The molecule has 1 aliphatic heterocycles. The maximum atomic E-state index is 12.7. The zero-order chi connectivity index (χ0) is 16.1. The first kappa shape index (κ1) is 15.6. The summed E-state index contributed by atoms with van der Waals surface area (Å²) in [4.78, 5) is 24.5. The lowest BCUT2D eigenvalue weighted by atomic mass is 10.0. The van der Waals surface area contributed by atoms with Crippen LogP contribution in [0.4, 0.5) is 0 Å². The maximum Gasteiger partial charge on any atom is 0.252 e. The van der Waals surface area contributed by atoms with Crippen LogP contribution in [0.15, 0.2) is 60.7 Å². The van der Waals surface area contributed by atoms with Gasteiger partial charge in [-0.25, -0.2) is 0 Å². The third-order valence-electron chi connectivity index (χ3n) is 3.68. The molecule has 3 nitrogen and oxygen atoms in total. The van der Waals surface area contributed by atoms with Crippen molar-refractivity contribution >= 4 is 34.4 Å². The molecule has 0 aliphatic carbocycles. The Kier molecular flexibility index (Phi) is 4.93. The number of carbonyl (C=O) groups is 2. The van der Waals surface area contributed by atoms with Crippen LogP contribution in [0.2, 0.25) is 0 Å². The van der Waals surface area contributed by atoms with E-state index in [0.29, 0.717) is 12.0 Å². The second-order valence-electron chi connectivity index (χ2n) is 5.32. The zero-order valence-electron chi connectivity index (χ0n) is 12.6. The van der Waals surface area contributed by atoms with Gasteiger partial charge in [-0.15, -0.1) is 0 Å². The molecule has 0 spiro atoms. The monoisotopic (exact) mass is 323 g/mol. The lowest BCUT2D eigenvalue weighted by Gasteiger charge is -2.13. The Hall–Kier alpha value is -2.33. The van der Waals surface area contributed by atoms with Gasteiger partial charge in [0.15, 0.2) is 0 Å². The van der Waals surface area contributed by atoms with Gasteiger partial charge < -0.3 is 5.32 Å². The standard InChI is InChI=1S/C19H17NO2S/c21-18(20-17-11-12-23-19(17)22)16(15-9-5-2-6-10-15)13-14-7-3-1-4-8-14/h1-10,13,17H,11-12H2,(H,20,21)/b16-13+. The third-order valence-corrected chi connectivity index (χ3v) is 4.69. The molecular formula is C19H17NO2S. The summed E-state index contributed by atoms with van der Waals surface area (Å²) in [5.41, 5.74) is 2.36. The Morgan fingerprint density at radius 2 is 1.70 bits per heavy atom. The number of rotatable bonds is 4. The summed E-state index contributed by atoms with van der Waals surface area (Å²) in [6, 6.07) is 18.9. The molecule has 1 aliphatic rings. The van der Waals surface area contributed by atoms with Crippen LogP contribution in [0.1, 0.15) is 17.5 Å². The van der Waals surface area contributed by atoms with Crippen LogP contribution in [-0.4, -0.2) is 22.8 Å². The quantitative estimate of drug-likeness (QED) is 0.693. The van der Waals surface area contributed by atoms with E-state index in [4.69, 9.17) is 0 Å². The molecule has 0 saturated carbocycles. The number of nitrogens with one attached hydrogen (secondary N) is 1. The van der Waals surface area contributed by atoms with Crippen molar-refractivity contribution in [3.05, 3.63) is 71.8 Å². The number of hydrogen-bond donors (Lipinski definition) is 1. The molecule has 4 heteroatoms. The first-order chi connectivity index (χ1) is 11.2. The van der Waals surface area contributed by atoms with Crippen LogP contribution < -0.4 is 5.32 Å². The summed E-state index contributed by atoms with van der Waals surface area (Å²) in [6.07, 6.45) is 2.56. The highest BCUT2D eigenvalue weighted by molar-refractivity contribution is 8.14. The number of amides is 1. The second-order valence-corrected chi connectivity index (χ2v) is 6.42. The SMILES string of the molecule is O=C(NC1CCSC1=O)/C(=C/c1ccccc1)c1ccccc1. The van der Waals surface area contributed by atoms with Gasteiger partial charge >= 0.3 is 0 Å². The van der Waals surface area contributed by atoms with Crippen LogP contribution >= 0.6 is 11.8 Å². The molecule has 0 radical (unpaired) electrons. The largest absolute Gasteiger partial charge is 0.341 e. The molecule has 3 rings (SSSR count). The first-order valence-corrected chi connectivity index (χ1v) is 8.52. The Bertz CT molecular complexity index is 726. The highest BCUT2D eigenvalue weighted by Gasteiger charge is 2.27. The van der Waals surface area contributed by atoms with E-state index >= 15 is 0 Å². The number of carbonyl (C=O) groups excluding carboxylic acids is 2. The number of thioether (sulfide) groups is 1. The van der Waals surface area contributed by atoms with Crippen LogP contribution in [0.5, 0.6) is 0 Å². The predicted octanol–water partition coefficient (Wildman–Crippen LogP) is 3.38. The van der Waals surface area contributed by atoms with Crippen LogP contribution in [0, 0.1) is 0 Å². The van der Waals surface area contributed by atoms with Crippen molar-refractivity contribution < 1.29 is 9.59 Å². The van der Waals surface area contributed by atoms with Crippen LogP contribution in [0.3, 0.4) is 0 Å². The summed E-state index contributed by atoms with van der Waals surface area (Å²) in [5, 5.41) is 2.92. The van der Waals surface area contributed by atoms with E-state index < -0.39 is 0 Å². The van der Waals surface area contributed by atoms with Crippen LogP contribution in [0.25, 0.3) is 11.6 Å². The van der Waals surface area contributed by atoms with E-state index in [1.54, 1.807) is 0 Å². The average molecular weight is 323 g/mol. The van der Waals surface area contributed by atoms with Crippen molar-refractivity contribution in [2.24, 2.45) is 0 Å². The average Bonchev–Trinajstić information content (AvgIpc) is 2.99. The van der Waals surface area contributed by atoms with Crippen molar-refractivity contribution in [2.45, 2.75) is 12.5 Å². The molecule has 23 heavy (non-hydrogen) atoms. The Morgan fingerprint density at radius 3 is 2.30 bits per heavy atom. The normalized spacial score (nSPS) is 18.0. The predicted molar refractivity (Wildman–Crippen MR) is 94.8 cm³/mol. The fourth-order valence-corrected chi connectivity index (χ4v) is 3.41. The van der Waals surface area contributed by atoms with E-state index in [9.17, 15) is 9.59 Å². The van der Waals surface area contributed by atoms with Gasteiger partial charge in [-0.1, -0.05) is 72.4 Å². The molecule has 2 aromatic carbocycles. The lowest BCUT2D eigenvalue weighted by molar-refractivity contribution is -0.120. The van der Waals surface area contributed by atoms with E-state index in [1.165, 1.54) is 11.8 Å². The Morgan fingerprint density at radius 1 is 1.04 bits per heavy atom. The second kappa shape index (κ2) is 7.29. The third kappa shape index (κ3) is 3.90. The number of benzene rings is 2. The van der Waals surface area contributed by atoms with E-state index in [-0.39, 0.29) is 17.1 Å². The maximum absolute atomic E-state index is 12.7. The van der Waals surface area contributed by atoms with Crippen molar-refractivity contribution in [3.8, 4) is 0 Å². The number of hydrogen-bond acceptors (Lipinski definition) is 3. The van der Waals surface area contributed by atoms with Crippen molar-refractivity contribution in [1.29, 1.82) is 0 Å². The molecule has 1 fully saturated rings. The first-order valence-electron chi connectivity index (χ1n) is 7.54. The van der Waals surface area contributed by atoms with Gasteiger partial charge in [0.25, 0.3) is 5.91 Å². The van der Waals surface area contributed by atoms with Gasteiger partial charge in [0.05, 0.1) is 6.04 Å². The van der Waals surface area contributed by atoms with Crippen molar-refractivity contribution in [2.75, 3.05) is 5.75 Å². The smallest absolute Gasteiger partial charge is 0.252 e. The van der Waals surface area contributed by atoms with E-state index in [2.05, 4.69) is 5.32 Å². The van der Waals surface area contributed by atoms with Gasteiger partial charge in [-0.05, 0) is 23.6 Å². The summed E-state index contributed by atoms with van der Waals surface area (Å²) in [6.45, 7) is 0. The minimum atomic E-state index is -0.379. The molecule has 1 heterocycles. The molecular weight excluding hydrogens is 306 g/mol. The lowest BCUT2D eigenvalue weighted by Crippen LogP contribution is -2.37. The molecule has 1 saturated heterocycles. The summed E-state index contributed by atoms with van der Waals surface area (Å²) in [7, 11) is 0. The summed E-state index contributed by atoms with van der Waals surface area (Å²) in [5.74, 6) is 0.563. The Labute approximate surface area is 139 Å². The summed E-state index contributed by atoms with van der Waals surface area (Å²) >= 11 is 1.29. The van der Waals surface area contributed by atoms with Crippen LogP contribution in [-0.2, 0) is 9.59 Å². The fourth-order valence-electron chi connectivity index (χ4n) is 2.48. The summed E-state index contributed by atoms with van der Waals surface area (Å²) < 4.78 is 0. The highest BCUT2D eigenvalue weighted by Crippen LogP contribution is 2.22. The minimum Gasteiger partial charge on any atom is -0.341 e. The minimum absolute atomic E-state index is 0.0467. The molecule has 1 N–H and O–H groups in total. The topological polar surface area (TPSA) is 46.2 Å². The molecule has 116 valence electrons. The molecule has 0 bridgehead atoms. The highest BCUT2D eigenvalue weighted by atomic mass is 32.2. The molecule has 1 unspecified atom stereocenters. The van der Waals surface area contributed by atoms with E-state index in [1.807, 2.05) is 66.7 Å². The van der Waals surface area contributed by atoms with Crippen molar-refractivity contribution in [3.63, 3.8) is 0 Å². The molecule has 2 aromatic rings. The van der Waals surface area contributed by atoms with Crippen molar-refractivity contribution in [1.82, 2.24) is 5.32 Å². The zero-order valence-corrected chi connectivity index (χ0v) is 13.4. The van der Waals surface area contributed by atoms with Gasteiger partial charge in [0.1, 0.15) is 0 Å². The fraction of sp³-hybridized carbons (Fsp3) is 0.158. The molecule has 1 amide bonds. The molecule has 1 atom stereocenters. The van der Waals surface area contributed by atoms with E-state index in [0.717, 1.165) is 16.9 Å². The van der Waals surface area contributed by atoms with Gasteiger partial charge in [-0.2, -0.15) is 0 Å².